The smallest absolute Gasteiger partial charge is 0.289 e. The van der Waals surface area contributed by atoms with Gasteiger partial charge in [0.1, 0.15) is 22.8 Å². The average Bonchev–Trinajstić information content (AvgIpc) is 3.23. The fourth-order valence-corrected chi connectivity index (χ4v) is 4.85. The summed E-state index contributed by atoms with van der Waals surface area (Å²) in [5, 5.41) is 6.63. The van der Waals surface area contributed by atoms with Crippen molar-refractivity contribution >= 4 is 17.5 Å². The molecule has 0 radical (unpaired) electrons. The van der Waals surface area contributed by atoms with Crippen molar-refractivity contribution in [2.24, 2.45) is 11.1 Å². The van der Waals surface area contributed by atoms with Gasteiger partial charge < -0.3 is 11.1 Å². The van der Waals surface area contributed by atoms with Gasteiger partial charge in [0.15, 0.2) is 0 Å². The van der Waals surface area contributed by atoms with Crippen molar-refractivity contribution in [3.8, 4) is 0 Å². The van der Waals surface area contributed by atoms with Crippen LogP contribution in [0.2, 0.25) is 0 Å². The van der Waals surface area contributed by atoms with E-state index in [0.717, 1.165) is 6.92 Å². The lowest BCUT2D eigenvalue weighted by Gasteiger charge is -2.42. The number of halogens is 3. The number of pyridine rings is 1. The summed E-state index contributed by atoms with van der Waals surface area (Å²) in [6.45, 7) is 2.33. The molecule has 30 heavy (non-hydrogen) atoms. The van der Waals surface area contributed by atoms with Crippen molar-refractivity contribution in [2.45, 2.75) is 57.7 Å². The van der Waals surface area contributed by atoms with Crippen molar-refractivity contribution in [1.82, 2.24) is 14.8 Å². The zero-order valence-electron chi connectivity index (χ0n) is 16.6. The number of fused-ring (bicyclic) bond motifs is 1. The molecular formula is C20H22F3N5O2. The summed E-state index contributed by atoms with van der Waals surface area (Å²) in [5.41, 5.74) is 3.42. The Balaban J connectivity index is 1.67. The Morgan fingerprint density at radius 1 is 1.33 bits per heavy atom. The molecule has 0 aromatic carbocycles. The number of carbonyl (C=O) groups excluding carboxylic acids is 2. The molecule has 3 aliphatic carbocycles. The molecule has 2 bridgehead atoms. The standard InChI is InChI=1S/C20H22F3N5O2/c1-11-14(17(30)26-12-3-6-25-13(7-12)16(24)29)28(27-15(11)18(2,21)22)10-19-4-5-20(23,8-19)9-19/h3,6-7H,4-5,8-10H2,1-2H3,(H2,24,29)(H,25,26,30). The van der Waals surface area contributed by atoms with Crippen LogP contribution >= 0.6 is 0 Å². The van der Waals surface area contributed by atoms with Gasteiger partial charge in [-0.25, -0.2) is 4.39 Å². The number of carbonyl (C=O) groups is 2. The van der Waals surface area contributed by atoms with E-state index in [0.29, 0.717) is 25.7 Å². The summed E-state index contributed by atoms with van der Waals surface area (Å²) in [6, 6.07) is 2.75. The number of rotatable bonds is 6. The number of amides is 2. The van der Waals surface area contributed by atoms with Crippen LogP contribution < -0.4 is 11.1 Å². The van der Waals surface area contributed by atoms with Gasteiger partial charge in [-0.05, 0) is 50.2 Å². The molecule has 3 fully saturated rings. The van der Waals surface area contributed by atoms with Gasteiger partial charge in [0.25, 0.3) is 17.7 Å². The first-order valence-electron chi connectivity index (χ1n) is 9.63. The minimum atomic E-state index is -3.24. The molecule has 0 atom stereocenters. The van der Waals surface area contributed by atoms with Gasteiger partial charge in [0.05, 0.1) is 0 Å². The zero-order chi connectivity index (χ0) is 21.9. The van der Waals surface area contributed by atoms with Gasteiger partial charge in [-0.2, -0.15) is 13.9 Å². The maximum Gasteiger partial charge on any atom is 0.289 e. The second kappa shape index (κ2) is 6.55. The number of nitrogens with zero attached hydrogens (tertiary/aromatic N) is 3. The monoisotopic (exact) mass is 421 g/mol. The highest BCUT2D eigenvalue weighted by Crippen LogP contribution is 2.64. The lowest BCUT2D eigenvalue weighted by atomic mass is 9.68. The molecular weight excluding hydrogens is 399 g/mol. The summed E-state index contributed by atoms with van der Waals surface area (Å²) in [4.78, 5) is 28.1. The van der Waals surface area contributed by atoms with Gasteiger partial charge in [0.2, 0.25) is 0 Å². The third-order valence-corrected chi connectivity index (χ3v) is 6.06. The summed E-state index contributed by atoms with van der Waals surface area (Å²) >= 11 is 0. The molecule has 3 saturated carbocycles. The molecule has 2 amide bonds. The van der Waals surface area contributed by atoms with E-state index in [1.165, 1.54) is 29.9 Å². The summed E-state index contributed by atoms with van der Waals surface area (Å²) in [6.07, 6.45) is 3.08. The van der Waals surface area contributed by atoms with Crippen LogP contribution in [0.25, 0.3) is 0 Å². The molecule has 5 rings (SSSR count). The lowest BCUT2D eigenvalue weighted by molar-refractivity contribution is -0.00917. The summed E-state index contributed by atoms with van der Waals surface area (Å²) in [5.74, 6) is -4.66. The minimum absolute atomic E-state index is 0.0124. The first kappa shape index (κ1) is 20.4. The minimum Gasteiger partial charge on any atom is -0.364 e. The number of primary amides is 1. The number of alkyl halides is 3. The topological polar surface area (TPSA) is 103 Å². The molecule has 7 nitrogen and oxygen atoms in total. The Morgan fingerprint density at radius 2 is 2.03 bits per heavy atom. The Morgan fingerprint density at radius 3 is 2.60 bits per heavy atom. The average molecular weight is 421 g/mol. The van der Waals surface area contributed by atoms with Crippen LogP contribution in [0.5, 0.6) is 0 Å². The predicted octanol–water partition coefficient (Wildman–Crippen LogP) is 3.33. The normalized spacial score (nSPS) is 25.1. The van der Waals surface area contributed by atoms with E-state index in [4.69, 9.17) is 5.73 Å². The van der Waals surface area contributed by atoms with Crippen molar-refractivity contribution in [3.05, 3.63) is 41.0 Å². The first-order chi connectivity index (χ1) is 13.9. The Labute approximate surface area is 170 Å². The fourth-order valence-electron chi connectivity index (χ4n) is 4.85. The number of nitrogens with one attached hydrogen (secondary N) is 1. The Hall–Kier alpha value is -2.91. The Bertz CT molecular complexity index is 1040. The molecule has 0 aliphatic heterocycles. The molecule has 2 heterocycles. The molecule has 3 aliphatic rings. The van der Waals surface area contributed by atoms with E-state index in [-0.39, 0.29) is 34.6 Å². The van der Waals surface area contributed by atoms with Crippen molar-refractivity contribution in [3.63, 3.8) is 0 Å². The quantitative estimate of drug-likeness (QED) is 0.747. The van der Waals surface area contributed by atoms with Crippen molar-refractivity contribution in [1.29, 1.82) is 0 Å². The zero-order valence-corrected chi connectivity index (χ0v) is 16.6. The van der Waals surface area contributed by atoms with Gasteiger partial charge >= 0.3 is 0 Å². The molecule has 3 N–H and O–H groups in total. The van der Waals surface area contributed by atoms with Gasteiger partial charge in [0, 0.05) is 30.9 Å². The number of hydrogen-bond acceptors (Lipinski definition) is 4. The highest BCUT2D eigenvalue weighted by molar-refractivity contribution is 6.04. The Kier molecular flexibility index (Phi) is 4.44. The van der Waals surface area contributed by atoms with Gasteiger partial charge in [-0.15, -0.1) is 0 Å². The largest absolute Gasteiger partial charge is 0.364 e. The van der Waals surface area contributed by atoms with Crippen LogP contribution in [0.1, 0.15) is 64.8 Å². The highest BCUT2D eigenvalue weighted by Gasteiger charge is 2.61. The van der Waals surface area contributed by atoms with E-state index in [1.54, 1.807) is 0 Å². The van der Waals surface area contributed by atoms with Crippen LogP contribution in [0.3, 0.4) is 0 Å². The SMILES string of the molecule is Cc1c(C(C)(F)F)nn(CC23CCC(F)(C2)C3)c1C(=O)Nc1ccnc(C(N)=O)c1. The van der Waals surface area contributed by atoms with E-state index >= 15 is 0 Å². The third kappa shape index (κ3) is 3.44. The lowest BCUT2D eigenvalue weighted by Crippen LogP contribution is -2.42. The molecule has 10 heteroatoms. The second-order valence-corrected chi connectivity index (χ2v) is 8.62. The van der Waals surface area contributed by atoms with Gasteiger partial charge in [-0.3, -0.25) is 19.3 Å². The molecule has 0 unspecified atom stereocenters. The predicted molar refractivity (Wildman–Crippen MR) is 102 cm³/mol. The van der Waals surface area contributed by atoms with Crippen LogP contribution in [-0.4, -0.2) is 32.2 Å². The van der Waals surface area contributed by atoms with Crippen LogP contribution in [0, 0.1) is 12.3 Å². The molecule has 2 aromatic rings. The molecule has 0 saturated heterocycles. The molecule has 160 valence electrons. The van der Waals surface area contributed by atoms with Crippen LogP contribution in [0.4, 0.5) is 18.9 Å². The summed E-state index contributed by atoms with van der Waals surface area (Å²) in [7, 11) is 0. The van der Waals surface area contributed by atoms with Crippen molar-refractivity contribution in [2.75, 3.05) is 5.32 Å². The number of nitrogens with two attached hydrogens (primary N) is 1. The van der Waals surface area contributed by atoms with Crippen LogP contribution in [-0.2, 0) is 12.5 Å². The third-order valence-electron chi connectivity index (χ3n) is 6.06. The van der Waals surface area contributed by atoms with E-state index < -0.39 is 29.1 Å². The number of hydrogen-bond donors (Lipinski definition) is 2. The fraction of sp³-hybridized carbons (Fsp3) is 0.500. The van der Waals surface area contributed by atoms with E-state index in [2.05, 4.69) is 15.4 Å². The number of aromatic nitrogens is 3. The van der Waals surface area contributed by atoms with Crippen LogP contribution in [0.15, 0.2) is 18.3 Å². The van der Waals surface area contributed by atoms with E-state index in [1.807, 2.05) is 0 Å². The van der Waals surface area contributed by atoms with Crippen molar-refractivity contribution < 1.29 is 22.8 Å². The summed E-state index contributed by atoms with van der Waals surface area (Å²) < 4.78 is 43.7. The number of anilines is 1. The molecule has 0 spiro atoms. The van der Waals surface area contributed by atoms with E-state index in [9.17, 15) is 22.8 Å². The highest BCUT2D eigenvalue weighted by atomic mass is 19.3. The maximum atomic E-state index is 14.3. The molecule has 2 aromatic heterocycles. The first-order valence-corrected chi connectivity index (χ1v) is 9.63. The second-order valence-electron chi connectivity index (χ2n) is 8.62. The van der Waals surface area contributed by atoms with Gasteiger partial charge in [-0.1, -0.05) is 0 Å². The maximum absolute atomic E-state index is 14.3.